The van der Waals surface area contributed by atoms with Crippen LogP contribution in [0.1, 0.15) is 32.6 Å². The van der Waals surface area contributed by atoms with Gasteiger partial charge in [0.05, 0.1) is 11.0 Å². The molecule has 0 saturated carbocycles. The van der Waals surface area contributed by atoms with Gasteiger partial charge in [-0.3, -0.25) is 10.1 Å². The molecule has 0 spiro atoms. The Labute approximate surface area is 123 Å². The third-order valence-corrected chi connectivity index (χ3v) is 4.64. The lowest BCUT2D eigenvalue weighted by Crippen LogP contribution is -2.48. The summed E-state index contributed by atoms with van der Waals surface area (Å²) in [4.78, 5) is 12.5. The van der Waals surface area contributed by atoms with Gasteiger partial charge in [-0.15, -0.1) is 0 Å². The van der Waals surface area contributed by atoms with Crippen molar-refractivity contribution in [1.29, 1.82) is 0 Å². The molecule has 0 aliphatic carbocycles. The lowest BCUT2D eigenvalue weighted by atomic mass is 9.97. The molecular weight excluding hydrogens is 273 g/mol. The van der Waals surface area contributed by atoms with Crippen LogP contribution in [-0.4, -0.2) is 29.6 Å². The van der Waals surface area contributed by atoms with Crippen molar-refractivity contribution >= 4 is 11.4 Å². The molecule has 2 unspecified atom stereocenters. The maximum Gasteiger partial charge on any atom is 0.274 e. The van der Waals surface area contributed by atoms with Crippen molar-refractivity contribution in [3.63, 3.8) is 0 Å². The van der Waals surface area contributed by atoms with Gasteiger partial charge < -0.3 is 10.2 Å². The predicted octanol–water partition coefficient (Wildman–Crippen LogP) is 2.84. The molecule has 2 saturated heterocycles. The van der Waals surface area contributed by atoms with Gasteiger partial charge in [-0.25, -0.2) is 4.39 Å². The number of nitro groups is 1. The number of rotatable bonds is 4. The maximum atomic E-state index is 13.7. The summed E-state index contributed by atoms with van der Waals surface area (Å²) in [5.41, 5.74) is 0.441. The number of piperidine rings is 1. The van der Waals surface area contributed by atoms with Gasteiger partial charge in [-0.2, -0.15) is 0 Å². The van der Waals surface area contributed by atoms with Crippen LogP contribution in [0, 0.1) is 15.9 Å². The highest BCUT2D eigenvalue weighted by atomic mass is 19.1. The van der Waals surface area contributed by atoms with Crippen molar-refractivity contribution in [2.24, 2.45) is 0 Å². The minimum atomic E-state index is -0.547. The van der Waals surface area contributed by atoms with Crippen LogP contribution in [-0.2, 0) is 0 Å². The summed E-state index contributed by atoms with van der Waals surface area (Å²) in [6.45, 7) is 2.74. The van der Waals surface area contributed by atoms with E-state index in [2.05, 4.69) is 10.2 Å². The predicted molar refractivity (Wildman–Crippen MR) is 79.0 cm³/mol. The highest BCUT2D eigenvalue weighted by molar-refractivity contribution is 5.54. The van der Waals surface area contributed by atoms with E-state index in [9.17, 15) is 14.5 Å². The second kappa shape index (κ2) is 5.60. The summed E-state index contributed by atoms with van der Waals surface area (Å²) in [6.07, 6.45) is 4.44. The average Bonchev–Trinajstić information content (AvgIpc) is 2.78. The molecule has 1 aromatic carbocycles. The summed E-state index contributed by atoms with van der Waals surface area (Å²) in [5.74, 6) is -0.547. The lowest BCUT2D eigenvalue weighted by Gasteiger charge is -2.38. The first-order valence-corrected chi connectivity index (χ1v) is 7.54. The van der Waals surface area contributed by atoms with Gasteiger partial charge in [0.2, 0.25) is 0 Å². The van der Waals surface area contributed by atoms with Crippen LogP contribution in [0.2, 0.25) is 0 Å². The van der Waals surface area contributed by atoms with Crippen molar-refractivity contribution in [1.82, 2.24) is 5.32 Å². The highest BCUT2D eigenvalue weighted by Crippen LogP contribution is 2.33. The molecule has 5 nitrogen and oxygen atoms in total. The zero-order valence-electron chi connectivity index (χ0n) is 12.1. The van der Waals surface area contributed by atoms with Crippen molar-refractivity contribution < 1.29 is 9.31 Å². The summed E-state index contributed by atoms with van der Waals surface area (Å²) in [6, 6.07) is 5.26. The van der Waals surface area contributed by atoms with E-state index in [1.807, 2.05) is 6.92 Å². The van der Waals surface area contributed by atoms with Crippen LogP contribution in [0.3, 0.4) is 0 Å². The van der Waals surface area contributed by atoms with Gasteiger partial charge >= 0.3 is 0 Å². The molecule has 0 radical (unpaired) electrons. The van der Waals surface area contributed by atoms with Crippen LogP contribution in [0.4, 0.5) is 15.8 Å². The molecule has 2 aliphatic heterocycles. The minimum absolute atomic E-state index is 0.180. The van der Waals surface area contributed by atoms with Crippen LogP contribution in [0.15, 0.2) is 18.2 Å². The van der Waals surface area contributed by atoms with Gasteiger partial charge in [-0.05, 0) is 38.7 Å². The van der Waals surface area contributed by atoms with Gasteiger partial charge in [-0.1, -0.05) is 0 Å². The van der Waals surface area contributed by atoms with E-state index in [0.29, 0.717) is 23.8 Å². The van der Waals surface area contributed by atoms with Crippen LogP contribution in [0.5, 0.6) is 0 Å². The molecule has 114 valence electrons. The van der Waals surface area contributed by atoms with E-state index in [4.69, 9.17) is 0 Å². The third kappa shape index (κ3) is 2.85. The van der Waals surface area contributed by atoms with Crippen molar-refractivity contribution in [3.8, 4) is 0 Å². The summed E-state index contributed by atoms with van der Waals surface area (Å²) < 4.78 is 13.7. The number of nitro benzene ring substituents is 1. The fourth-order valence-electron chi connectivity index (χ4n) is 3.76. The largest absolute Gasteiger partial charge is 0.368 e. The molecule has 6 heteroatoms. The number of nitrogens with one attached hydrogen (secondary N) is 1. The number of anilines is 1. The molecule has 0 amide bonds. The number of hydrogen-bond donors (Lipinski definition) is 1. The minimum Gasteiger partial charge on any atom is -0.368 e. The Hall–Kier alpha value is -1.69. The first-order valence-electron chi connectivity index (χ1n) is 7.54. The van der Waals surface area contributed by atoms with E-state index in [1.54, 1.807) is 0 Å². The quantitative estimate of drug-likeness (QED) is 0.685. The first kappa shape index (κ1) is 14.3. The van der Waals surface area contributed by atoms with Gasteiger partial charge in [0.25, 0.3) is 5.69 Å². The second-order valence-corrected chi connectivity index (χ2v) is 5.97. The first-order chi connectivity index (χ1) is 10.1. The molecule has 1 aromatic rings. The second-order valence-electron chi connectivity index (χ2n) is 5.97. The number of nitrogens with zero attached hydrogens (tertiary/aromatic N) is 2. The van der Waals surface area contributed by atoms with Crippen molar-refractivity contribution in [3.05, 3.63) is 34.1 Å². The fraction of sp³-hybridized carbons (Fsp3) is 0.600. The van der Waals surface area contributed by atoms with E-state index >= 15 is 0 Å². The van der Waals surface area contributed by atoms with E-state index in [-0.39, 0.29) is 5.69 Å². The van der Waals surface area contributed by atoms with Gasteiger partial charge in [0.1, 0.15) is 5.82 Å². The highest BCUT2D eigenvalue weighted by Gasteiger charge is 2.36. The molecule has 2 bridgehead atoms. The molecular formula is C15H20FN3O2. The van der Waals surface area contributed by atoms with Crippen molar-refractivity contribution in [2.75, 3.05) is 11.4 Å². The van der Waals surface area contributed by atoms with Crippen LogP contribution in [0.25, 0.3) is 0 Å². The Morgan fingerprint density at radius 3 is 2.57 bits per heavy atom. The molecule has 21 heavy (non-hydrogen) atoms. The van der Waals surface area contributed by atoms with E-state index in [0.717, 1.165) is 25.5 Å². The molecule has 2 heterocycles. The number of halogens is 1. The smallest absolute Gasteiger partial charge is 0.274 e. The average molecular weight is 293 g/mol. The summed E-state index contributed by atoms with van der Waals surface area (Å²) in [7, 11) is 0. The Bertz CT molecular complexity index is 540. The Morgan fingerprint density at radius 1 is 1.33 bits per heavy atom. The van der Waals surface area contributed by atoms with Gasteiger partial charge in [0, 0.05) is 36.4 Å². The molecule has 2 atom stereocenters. The number of benzene rings is 1. The Kier molecular flexibility index (Phi) is 3.80. The summed E-state index contributed by atoms with van der Waals surface area (Å²) >= 11 is 0. The molecule has 2 aliphatic rings. The topological polar surface area (TPSA) is 58.4 Å². The van der Waals surface area contributed by atoms with E-state index < -0.39 is 10.7 Å². The zero-order valence-corrected chi connectivity index (χ0v) is 12.1. The zero-order chi connectivity index (χ0) is 15.0. The monoisotopic (exact) mass is 293 g/mol. The lowest BCUT2D eigenvalue weighted by molar-refractivity contribution is -0.385. The third-order valence-electron chi connectivity index (χ3n) is 4.64. The van der Waals surface area contributed by atoms with Crippen LogP contribution < -0.4 is 10.2 Å². The van der Waals surface area contributed by atoms with Crippen molar-refractivity contribution in [2.45, 2.75) is 50.7 Å². The van der Waals surface area contributed by atoms with Gasteiger partial charge in [0.15, 0.2) is 0 Å². The summed E-state index contributed by atoms with van der Waals surface area (Å²) in [5, 5.41) is 14.5. The Morgan fingerprint density at radius 2 is 2.00 bits per heavy atom. The standard InChI is InChI=1S/C15H20FN3O2/c1-2-18(14-7-11-3-4-12(8-14)17-11)13-5-10(16)6-15(9-13)19(20)21/h5-6,9,11-12,14,17H,2-4,7-8H2,1H3. The number of fused-ring (bicyclic) bond motifs is 2. The Balaban J connectivity index is 1.87. The number of non-ortho nitro benzene ring substituents is 1. The molecule has 0 aromatic heterocycles. The van der Waals surface area contributed by atoms with Crippen LogP contribution >= 0.6 is 0 Å². The molecule has 2 fully saturated rings. The van der Waals surface area contributed by atoms with E-state index in [1.165, 1.54) is 25.0 Å². The normalized spacial score (nSPS) is 27.6. The fourth-order valence-corrected chi connectivity index (χ4v) is 3.76. The maximum absolute atomic E-state index is 13.7. The SMILES string of the molecule is CCN(c1cc(F)cc([N+](=O)[O-])c1)C1CC2CCC(C1)N2. The molecule has 3 rings (SSSR count). The molecule has 1 N–H and O–H groups in total. The number of hydrogen-bond acceptors (Lipinski definition) is 4.